The van der Waals surface area contributed by atoms with E-state index in [9.17, 15) is 5.11 Å². The number of aliphatic hydroxyl groups is 1. The molecule has 0 aromatic carbocycles. The minimum atomic E-state index is -0.171. The van der Waals surface area contributed by atoms with Crippen molar-refractivity contribution < 1.29 is 9.84 Å². The van der Waals surface area contributed by atoms with Crippen molar-refractivity contribution in [3.8, 4) is 5.88 Å². The molecule has 2 atom stereocenters. The van der Waals surface area contributed by atoms with Crippen LogP contribution >= 0.6 is 0 Å². The SMILES string of the molecule is COc1ccc(C2CCC2O)cn1. The molecule has 1 fully saturated rings. The van der Waals surface area contributed by atoms with Gasteiger partial charge in [0.05, 0.1) is 13.2 Å². The average molecular weight is 179 g/mol. The number of aromatic nitrogens is 1. The molecule has 3 nitrogen and oxygen atoms in total. The van der Waals surface area contributed by atoms with E-state index in [1.807, 2.05) is 12.1 Å². The molecule has 1 aromatic rings. The van der Waals surface area contributed by atoms with Gasteiger partial charge in [-0.15, -0.1) is 0 Å². The minimum absolute atomic E-state index is 0.171. The molecule has 1 saturated carbocycles. The van der Waals surface area contributed by atoms with E-state index in [4.69, 9.17) is 4.74 Å². The van der Waals surface area contributed by atoms with E-state index >= 15 is 0 Å². The Bertz CT molecular complexity index is 283. The first kappa shape index (κ1) is 8.51. The fourth-order valence-electron chi connectivity index (χ4n) is 1.60. The topological polar surface area (TPSA) is 42.4 Å². The molecule has 0 bridgehead atoms. The number of aliphatic hydroxyl groups excluding tert-OH is 1. The maximum atomic E-state index is 9.43. The maximum Gasteiger partial charge on any atom is 0.212 e. The highest BCUT2D eigenvalue weighted by atomic mass is 16.5. The molecule has 2 unspecified atom stereocenters. The van der Waals surface area contributed by atoms with Gasteiger partial charge in [-0.1, -0.05) is 6.07 Å². The van der Waals surface area contributed by atoms with E-state index in [1.165, 1.54) is 0 Å². The lowest BCUT2D eigenvalue weighted by Crippen LogP contribution is -2.28. The molecule has 1 aromatic heterocycles. The van der Waals surface area contributed by atoms with Crippen LogP contribution in [0.1, 0.15) is 24.3 Å². The Morgan fingerprint density at radius 2 is 2.31 bits per heavy atom. The fraction of sp³-hybridized carbons (Fsp3) is 0.500. The standard InChI is InChI=1S/C10H13NO2/c1-13-10-5-2-7(6-11-10)8-3-4-9(8)12/h2,5-6,8-9,12H,3-4H2,1H3. The molecule has 1 aliphatic rings. The Labute approximate surface area is 77.4 Å². The van der Waals surface area contributed by atoms with E-state index in [0.29, 0.717) is 11.8 Å². The molecule has 0 saturated heterocycles. The van der Waals surface area contributed by atoms with Crippen molar-refractivity contribution in [2.75, 3.05) is 7.11 Å². The van der Waals surface area contributed by atoms with Crippen LogP contribution in [0.15, 0.2) is 18.3 Å². The third-order valence-electron chi connectivity index (χ3n) is 2.63. The van der Waals surface area contributed by atoms with Gasteiger partial charge in [-0.05, 0) is 18.4 Å². The zero-order chi connectivity index (χ0) is 9.26. The van der Waals surface area contributed by atoms with Gasteiger partial charge in [0.1, 0.15) is 0 Å². The smallest absolute Gasteiger partial charge is 0.212 e. The summed E-state index contributed by atoms with van der Waals surface area (Å²) in [4.78, 5) is 4.10. The largest absolute Gasteiger partial charge is 0.481 e. The van der Waals surface area contributed by atoms with E-state index in [1.54, 1.807) is 13.3 Å². The lowest BCUT2D eigenvalue weighted by atomic mass is 9.78. The second-order valence-corrected chi connectivity index (χ2v) is 3.39. The Morgan fingerprint density at radius 3 is 2.69 bits per heavy atom. The van der Waals surface area contributed by atoms with Gasteiger partial charge in [-0.25, -0.2) is 4.98 Å². The van der Waals surface area contributed by atoms with Gasteiger partial charge in [0.25, 0.3) is 0 Å². The van der Waals surface area contributed by atoms with Crippen molar-refractivity contribution >= 4 is 0 Å². The summed E-state index contributed by atoms with van der Waals surface area (Å²) in [6.07, 6.45) is 3.59. The van der Waals surface area contributed by atoms with Crippen LogP contribution in [0.5, 0.6) is 5.88 Å². The van der Waals surface area contributed by atoms with Crippen LogP contribution in [0.2, 0.25) is 0 Å². The highest BCUT2D eigenvalue weighted by Crippen LogP contribution is 2.36. The van der Waals surface area contributed by atoms with E-state index < -0.39 is 0 Å². The summed E-state index contributed by atoms with van der Waals surface area (Å²) >= 11 is 0. The molecule has 1 aliphatic carbocycles. The summed E-state index contributed by atoms with van der Waals surface area (Å²) in [5.41, 5.74) is 1.11. The summed E-state index contributed by atoms with van der Waals surface area (Å²) in [6.45, 7) is 0. The number of hydrogen-bond donors (Lipinski definition) is 1. The van der Waals surface area contributed by atoms with Crippen molar-refractivity contribution in [1.29, 1.82) is 0 Å². The van der Waals surface area contributed by atoms with Crippen molar-refractivity contribution in [1.82, 2.24) is 4.98 Å². The highest BCUT2D eigenvalue weighted by Gasteiger charge is 2.30. The van der Waals surface area contributed by atoms with Gasteiger partial charge in [0.15, 0.2) is 0 Å². The first-order chi connectivity index (χ1) is 6.31. The molecular formula is C10H13NO2. The molecule has 2 rings (SSSR count). The zero-order valence-corrected chi connectivity index (χ0v) is 7.60. The predicted octanol–water partition coefficient (Wildman–Crippen LogP) is 1.33. The van der Waals surface area contributed by atoms with Gasteiger partial charge in [0, 0.05) is 18.2 Å². The molecule has 70 valence electrons. The predicted molar refractivity (Wildman–Crippen MR) is 48.8 cm³/mol. The van der Waals surface area contributed by atoms with Crippen LogP contribution in [0.3, 0.4) is 0 Å². The summed E-state index contributed by atoms with van der Waals surface area (Å²) in [5.74, 6) is 0.913. The molecule has 0 amide bonds. The average Bonchev–Trinajstić information content (AvgIpc) is 2.17. The molecule has 3 heteroatoms. The minimum Gasteiger partial charge on any atom is -0.481 e. The Kier molecular flexibility index (Phi) is 2.19. The lowest BCUT2D eigenvalue weighted by Gasteiger charge is -2.32. The van der Waals surface area contributed by atoms with Gasteiger partial charge in [-0.3, -0.25) is 0 Å². The number of methoxy groups -OCH3 is 1. The molecule has 0 radical (unpaired) electrons. The van der Waals surface area contributed by atoms with Crippen LogP contribution < -0.4 is 4.74 Å². The van der Waals surface area contributed by atoms with Crippen LogP contribution in [0.25, 0.3) is 0 Å². The summed E-state index contributed by atoms with van der Waals surface area (Å²) < 4.78 is 4.95. The number of hydrogen-bond acceptors (Lipinski definition) is 3. The van der Waals surface area contributed by atoms with Crippen molar-refractivity contribution in [3.05, 3.63) is 23.9 Å². The summed E-state index contributed by atoms with van der Waals surface area (Å²) in [6, 6.07) is 3.80. The maximum absolute atomic E-state index is 9.43. The second-order valence-electron chi connectivity index (χ2n) is 3.39. The Hall–Kier alpha value is -1.09. The molecule has 13 heavy (non-hydrogen) atoms. The Balaban J connectivity index is 2.13. The molecule has 0 aliphatic heterocycles. The van der Waals surface area contributed by atoms with Gasteiger partial charge in [0.2, 0.25) is 5.88 Å². The monoisotopic (exact) mass is 179 g/mol. The van der Waals surface area contributed by atoms with Gasteiger partial charge >= 0.3 is 0 Å². The van der Waals surface area contributed by atoms with Gasteiger partial charge < -0.3 is 9.84 Å². The molecule has 0 spiro atoms. The van der Waals surface area contributed by atoms with E-state index in [-0.39, 0.29) is 6.10 Å². The number of pyridine rings is 1. The first-order valence-electron chi connectivity index (χ1n) is 4.49. The van der Waals surface area contributed by atoms with Crippen molar-refractivity contribution in [2.24, 2.45) is 0 Å². The fourth-order valence-corrected chi connectivity index (χ4v) is 1.60. The molecular weight excluding hydrogens is 166 g/mol. The second kappa shape index (κ2) is 3.34. The third kappa shape index (κ3) is 1.52. The number of rotatable bonds is 2. The van der Waals surface area contributed by atoms with E-state index in [0.717, 1.165) is 18.4 Å². The lowest BCUT2D eigenvalue weighted by molar-refractivity contribution is 0.0659. The first-order valence-corrected chi connectivity index (χ1v) is 4.49. The van der Waals surface area contributed by atoms with Crippen LogP contribution in [0, 0.1) is 0 Å². The van der Waals surface area contributed by atoms with Crippen LogP contribution in [0.4, 0.5) is 0 Å². The number of ether oxygens (including phenoxy) is 1. The van der Waals surface area contributed by atoms with Crippen molar-refractivity contribution in [2.45, 2.75) is 24.9 Å². The van der Waals surface area contributed by atoms with Crippen LogP contribution in [-0.4, -0.2) is 23.3 Å². The quantitative estimate of drug-likeness (QED) is 0.744. The van der Waals surface area contributed by atoms with Gasteiger partial charge in [-0.2, -0.15) is 0 Å². The van der Waals surface area contributed by atoms with E-state index in [2.05, 4.69) is 4.98 Å². The summed E-state index contributed by atoms with van der Waals surface area (Å²) in [5, 5.41) is 9.43. The number of nitrogens with zero attached hydrogens (tertiary/aromatic N) is 1. The highest BCUT2D eigenvalue weighted by molar-refractivity contribution is 5.24. The normalized spacial score (nSPS) is 26.6. The Morgan fingerprint density at radius 1 is 1.46 bits per heavy atom. The molecule has 1 N–H and O–H groups in total. The van der Waals surface area contributed by atoms with Crippen LogP contribution in [-0.2, 0) is 0 Å². The van der Waals surface area contributed by atoms with Crippen molar-refractivity contribution in [3.63, 3.8) is 0 Å². The summed E-state index contributed by atoms with van der Waals surface area (Å²) in [7, 11) is 1.60. The zero-order valence-electron chi connectivity index (χ0n) is 7.60. The molecule has 1 heterocycles. The third-order valence-corrected chi connectivity index (χ3v) is 2.63.